The molecule has 6 nitrogen and oxygen atoms in total. The van der Waals surface area contributed by atoms with E-state index in [-0.39, 0.29) is 23.6 Å². The first-order valence-electron chi connectivity index (χ1n) is 14.6. The number of benzene rings is 3. The van der Waals surface area contributed by atoms with Crippen molar-refractivity contribution in [2.24, 2.45) is 5.41 Å². The smallest absolute Gasteiger partial charge is 0.317 e. The molecule has 0 aliphatic carbocycles. The largest absolute Gasteiger partial charge is 0.489 e. The van der Waals surface area contributed by atoms with E-state index in [0.29, 0.717) is 56.2 Å². The number of carboxylic acid groups (broad SMARTS) is 1. The summed E-state index contributed by atoms with van der Waals surface area (Å²) >= 11 is 0. The van der Waals surface area contributed by atoms with Crippen LogP contribution in [0, 0.1) is 17.0 Å². The van der Waals surface area contributed by atoms with E-state index in [4.69, 9.17) is 9.84 Å². The molecule has 3 aliphatic heterocycles. The van der Waals surface area contributed by atoms with Gasteiger partial charge in [0.05, 0.1) is 19.1 Å². The molecule has 3 aliphatic rings. The van der Waals surface area contributed by atoms with E-state index >= 15 is 8.78 Å². The number of rotatable bonds is 9. The molecule has 3 heterocycles. The molecular formula is C33H35F4N3O3. The van der Waals surface area contributed by atoms with Crippen molar-refractivity contribution in [2.45, 2.75) is 44.9 Å². The van der Waals surface area contributed by atoms with Gasteiger partial charge in [0.2, 0.25) is 0 Å². The van der Waals surface area contributed by atoms with Gasteiger partial charge in [0.15, 0.2) is 0 Å². The highest BCUT2D eigenvalue weighted by atomic mass is 19.3. The topological polar surface area (TPSA) is 56.3 Å². The second-order valence-corrected chi connectivity index (χ2v) is 12.2. The summed E-state index contributed by atoms with van der Waals surface area (Å²) in [4.78, 5) is 16.3. The maximum atomic E-state index is 16.0. The van der Waals surface area contributed by atoms with Crippen LogP contribution in [0.25, 0.3) is 0 Å². The Kier molecular flexibility index (Phi) is 8.08. The van der Waals surface area contributed by atoms with Gasteiger partial charge in [0.1, 0.15) is 24.0 Å². The fraction of sp³-hybridized carbons (Fsp3) is 0.424. The van der Waals surface area contributed by atoms with Crippen molar-refractivity contribution in [2.75, 3.05) is 44.2 Å². The number of fused-ring (bicyclic) bond motifs is 1. The molecule has 1 unspecified atom stereocenters. The minimum atomic E-state index is -2.67. The number of carboxylic acids is 1. The molecule has 3 aromatic carbocycles. The maximum Gasteiger partial charge on any atom is 0.317 e. The minimum absolute atomic E-state index is 0.0171. The summed E-state index contributed by atoms with van der Waals surface area (Å²) in [5, 5.41) is 9.04. The summed E-state index contributed by atoms with van der Waals surface area (Å²) in [6.45, 7) is 3.98. The van der Waals surface area contributed by atoms with Crippen LogP contribution in [-0.4, -0.2) is 72.6 Å². The molecule has 2 saturated heterocycles. The molecule has 1 spiro atoms. The van der Waals surface area contributed by atoms with Crippen LogP contribution in [0.1, 0.15) is 41.6 Å². The molecule has 0 saturated carbocycles. The Morgan fingerprint density at radius 1 is 1.05 bits per heavy atom. The van der Waals surface area contributed by atoms with Crippen LogP contribution in [0.2, 0.25) is 0 Å². The Morgan fingerprint density at radius 3 is 2.44 bits per heavy atom. The van der Waals surface area contributed by atoms with Crippen LogP contribution in [-0.2, 0) is 17.8 Å². The monoisotopic (exact) mass is 597 g/mol. The van der Waals surface area contributed by atoms with Crippen molar-refractivity contribution in [1.29, 1.82) is 0 Å². The van der Waals surface area contributed by atoms with Gasteiger partial charge >= 0.3 is 5.97 Å². The zero-order valence-electron chi connectivity index (χ0n) is 24.0. The second-order valence-electron chi connectivity index (χ2n) is 12.2. The van der Waals surface area contributed by atoms with Crippen LogP contribution in [0.4, 0.5) is 23.2 Å². The SMILES string of the molecule is C[C@@H]1Cc2cc(OCc3ccccc3)ccc2C(c2c(F)cc(N3CCC4(CN(CC(=O)O)C4)C3)cc2F)N1CC(F)F. The Balaban J connectivity index is 1.27. The number of anilines is 1. The van der Waals surface area contributed by atoms with E-state index in [2.05, 4.69) is 0 Å². The van der Waals surface area contributed by atoms with Crippen LogP contribution in [0.3, 0.4) is 0 Å². The average molecular weight is 598 g/mol. The lowest BCUT2D eigenvalue weighted by Crippen LogP contribution is -2.58. The number of nitrogens with zero attached hydrogens (tertiary/aromatic N) is 3. The number of alkyl halides is 2. The van der Waals surface area contributed by atoms with E-state index < -0.39 is 36.6 Å². The van der Waals surface area contributed by atoms with Crippen LogP contribution < -0.4 is 9.64 Å². The molecular weight excluding hydrogens is 562 g/mol. The van der Waals surface area contributed by atoms with Crippen molar-refractivity contribution in [3.8, 4) is 5.75 Å². The van der Waals surface area contributed by atoms with Gasteiger partial charge in [-0.1, -0.05) is 36.4 Å². The number of carbonyl (C=O) groups is 1. The third-order valence-electron chi connectivity index (χ3n) is 9.04. The molecule has 3 aromatic rings. The van der Waals surface area contributed by atoms with E-state index in [1.807, 2.05) is 46.2 Å². The molecule has 1 N–H and O–H groups in total. The zero-order chi connectivity index (χ0) is 30.3. The number of hydrogen-bond donors (Lipinski definition) is 1. The molecule has 0 radical (unpaired) electrons. The zero-order valence-corrected chi connectivity index (χ0v) is 24.0. The Labute approximate surface area is 248 Å². The van der Waals surface area contributed by atoms with Gasteiger partial charge < -0.3 is 14.7 Å². The molecule has 228 valence electrons. The third-order valence-corrected chi connectivity index (χ3v) is 9.04. The van der Waals surface area contributed by atoms with E-state index in [1.54, 1.807) is 19.1 Å². The molecule has 2 atom stereocenters. The number of ether oxygens (including phenoxy) is 1. The van der Waals surface area contributed by atoms with E-state index in [1.165, 1.54) is 17.0 Å². The van der Waals surface area contributed by atoms with Gasteiger partial charge in [0.25, 0.3) is 6.43 Å². The highest BCUT2D eigenvalue weighted by Crippen LogP contribution is 2.44. The first-order valence-corrected chi connectivity index (χ1v) is 14.6. The van der Waals surface area contributed by atoms with Crippen molar-refractivity contribution in [3.63, 3.8) is 0 Å². The molecule has 0 bridgehead atoms. The highest BCUT2D eigenvalue weighted by Gasteiger charge is 2.48. The van der Waals surface area contributed by atoms with Gasteiger partial charge in [-0.05, 0) is 60.7 Å². The van der Waals surface area contributed by atoms with Gasteiger partial charge in [-0.2, -0.15) is 0 Å². The van der Waals surface area contributed by atoms with Crippen LogP contribution >= 0.6 is 0 Å². The van der Waals surface area contributed by atoms with Gasteiger partial charge in [-0.15, -0.1) is 0 Å². The third kappa shape index (κ3) is 6.08. The Bertz CT molecular complexity index is 1460. The summed E-state index contributed by atoms with van der Waals surface area (Å²) < 4.78 is 65.5. The molecule has 6 rings (SSSR count). The Morgan fingerprint density at radius 2 is 1.77 bits per heavy atom. The predicted octanol–water partition coefficient (Wildman–Crippen LogP) is 5.74. The number of halogens is 4. The maximum absolute atomic E-state index is 16.0. The number of likely N-dealkylation sites (tertiary alicyclic amines) is 1. The first-order chi connectivity index (χ1) is 20.6. The van der Waals surface area contributed by atoms with Gasteiger partial charge in [-0.3, -0.25) is 14.6 Å². The molecule has 2 fully saturated rings. The van der Waals surface area contributed by atoms with Crippen molar-refractivity contribution in [1.82, 2.24) is 9.80 Å². The normalized spacial score (nSPS) is 21.7. The number of aliphatic carboxylic acids is 1. The molecule has 0 aromatic heterocycles. The lowest BCUT2D eigenvalue weighted by Gasteiger charge is -2.47. The standard InChI is InChI=1S/C33H35F4N3O3/c1-21-11-23-12-25(43-17-22-5-3-2-4-6-22)7-8-26(23)32(40(21)15-29(36)37)31-27(34)13-24(14-28(31)35)39-10-9-33(20-39)18-38(19-33)16-30(41)42/h2-8,12-14,21,29,32H,9-11,15-20H2,1H3,(H,41,42)/t21-,32?/m1/s1. The summed E-state index contributed by atoms with van der Waals surface area (Å²) in [6.07, 6.45) is -1.43. The predicted molar refractivity (Wildman–Crippen MR) is 155 cm³/mol. The van der Waals surface area contributed by atoms with Crippen LogP contribution in [0.5, 0.6) is 5.75 Å². The lowest BCUT2D eigenvalue weighted by molar-refractivity contribution is -0.141. The summed E-state index contributed by atoms with van der Waals surface area (Å²) in [6, 6.07) is 16.2. The Hall–Kier alpha value is -3.63. The number of hydrogen-bond acceptors (Lipinski definition) is 5. The van der Waals surface area contributed by atoms with E-state index in [9.17, 15) is 13.6 Å². The minimum Gasteiger partial charge on any atom is -0.489 e. The summed E-state index contributed by atoms with van der Waals surface area (Å²) in [5.74, 6) is -1.82. The van der Waals surface area contributed by atoms with Crippen molar-refractivity contribution in [3.05, 3.63) is 94.6 Å². The fourth-order valence-electron chi connectivity index (χ4n) is 7.12. The van der Waals surface area contributed by atoms with E-state index in [0.717, 1.165) is 17.5 Å². The van der Waals surface area contributed by atoms with Crippen LogP contribution in [0.15, 0.2) is 60.7 Å². The van der Waals surface area contributed by atoms with Gasteiger partial charge in [-0.25, -0.2) is 17.6 Å². The van der Waals surface area contributed by atoms with Crippen molar-refractivity contribution >= 4 is 11.7 Å². The fourth-order valence-corrected chi connectivity index (χ4v) is 7.12. The van der Waals surface area contributed by atoms with Crippen molar-refractivity contribution < 1.29 is 32.2 Å². The van der Waals surface area contributed by atoms with Gasteiger partial charge in [0, 0.05) is 48.9 Å². The summed E-state index contributed by atoms with van der Waals surface area (Å²) in [5.41, 5.74) is 2.48. The molecule has 43 heavy (non-hydrogen) atoms. The second kappa shape index (κ2) is 11.8. The molecule has 0 amide bonds. The summed E-state index contributed by atoms with van der Waals surface area (Å²) in [7, 11) is 0. The molecule has 10 heteroatoms. The average Bonchev–Trinajstić information content (AvgIpc) is 3.38. The lowest BCUT2D eigenvalue weighted by atomic mass is 9.79. The highest BCUT2D eigenvalue weighted by molar-refractivity contribution is 5.69. The quantitative estimate of drug-likeness (QED) is 0.318. The first kappa shape index (κ1) is 29.4.